The van der Waals surface area contributed by atoms with Gasteiger partial charge in [-0.25, -0.2) is 13.1 Å². The van der Waals surface area contributed by atoms with Crippen LogP contribution in [0.1, 0.15) is 39.0 Å². The number of nitriles is 1. The summed E-state index contributed by atoms with van der Waals surface area (Å²) in [5.74, 6) is 0. The van der Waals surface area contributed by atoms with E-state index in [1.807, 2.05) is 13.1 Å². The highest BCUT2D eigenvalue weighted by Crippen LogP contribution is 2.21. The fourth-order valence-electron chi connectivity index (χ4n) is 2.37. The van der Waals surface area contributed by atoms with Gasteiger partial charge in [0.1, 0.15) is 0 Å². The lowest BCUT2D eigenvalue weighted by Gasteiger charge is -2.24. The van der Waals surface area contributed by atoms with Crippen LogP contribution in [-0.2, 0) is 10.0 Å². The molecule has 5 nitrogen and oxygen atoms in total. The molecule has 0 aromatic carbocycles. The lowest BCUT2D eigenvalue weighted by Crippen LogP contribution is -2.40. The summed E-state index contributed by atoms with van der Waals surface area (Å²) in [6.45, 7) is 2.79. The molecule has 0 amide bonds. The van der Waals surface area contributed by atoms with Crippen molar-refractivity contribution in [1.29, 1.82) is 5.26 Å². The molecule has 1 fully saturated rings. The van der Waals surface area contributed by atoms with E-state index in [-0.39, 0.29) is 0 Å². The summed E-state index contributed by atoms with van der Waals surface area (Å²) >= 11 is 0. The van der Waals surface area contributed by atoms with Crippen molar-refractivity contribution in [3.63, 3.8) is 0 Å². The zero-order valence-corrected chi connectivity index (χ0v) is 12.0. The zero-order chi connectivity index (χ0) is 13.6. The molecule has 1 N–H and O–H groups in total. The fourth-order valence-corrected chi connectivity index (χ4v) is 3.53. The van der Waals surface area contributed by atoms with Crippen LogP contribution in [0.2, 0.25) is 0 Å². The first-order valence-electron chi connectivity index (χ1n) is 6.59. The standard InChI is InChI=1S/C12H23N3O2S/c1-3-12(10-13)18(16,17)14-8-9-15(2)11-6-4-5-7-11/h11-12,14H,3-9H2,1-2H3. The Hall–Kier alpha value is -0.640. The zero-order valence-electron chi connectivity index (χ0n) is 11.2. The van der Waals surface area contributed by atoms with Gasteiger partial charge in [0.25, 0.3) is 0 Å². The molecule has 0 aromatic rings. The molecule has 0 spiro atoms. The quantitative estimate of drug-likeness (QED) is 0.753. The smallest absolute Gasteiger partial charge is 0.228 e. The topological polar surface area (TPSA) is 73.2 Å². The third kappa shape index (κ3) is 4.23. The molecular formula is C12H23N3O2S. The van der Waals surface area contributed by atoms with Gasteiger partial charge in [-0.15, -0.1) is 0 Å². The number of hydrogen-bond acceptors (Lipinski definition) is 4. The van der Waals surface area contributed by atoms with Gasteiger partial charge in [0, 0.05) is 19.1 Å². The van der Waals surface area contributed by atoms with Gasteiger partial charge in [-0.3, -0.25) is 0 Å². The summed E-state index contributed by atoms with van der Waals surface area (Å²) in [5.41, 5.74) is 0. The van der Waals surface area contributed by atoms with E-state index in [0.717, 1.165) is 0 Å². The second kappa shape index (κ2) is 7.07. The third-order valence-corrected chi connectivity index (χ3v) is 5.40. The Bertz CT molecular complexity index is 383. The summed E-state index contributed by atoms with van der Waals surface area (Å²) in [5, 5.41) is 7.83. The molecule has 1 saturated carbocycles. The van der Waals surface area contributed by atoms with Crippen LogP contribution in [0, 0.1) is 11.3 Å². The van der Waals surface area contributed by atoms with Crippen LogP contribution in [-0.4, -0.2) is 44.7 Å². The van der Waals surface area contributed by atoms with Crippen molar-refractivity contribution < 1.29 is 8.42 Å². The van der Waals surface area contributed by atoms with E-state index < -0.39 is 15.3 Å². The number of rotatable bonds is 7. The molecule has 0 heterocycles. The Labute approximate surface area is 110 Å². The highest BCUT2D eigenvalue weighted by molar-refractivity contribution is 7.90. The van der Waals surface area contributed by atoms with Gasteiger partial charge in [0.05, 0.1) is 6.07 Å². The van der Waals surface area contributed by atoms with E-state index in [1.165, 1.54) is 25.7 Å². The van der Waals surface area contributed by atoms with Gasteiger partial charge in [-0.1, -0.05) is 19.8 Å². The van der Waals surface area contributed by atoms with Crippen molar-refractivity contribution >= 4 is 10.0 Å². The van der Waals surface area contributed by atoms with Crippen molar-refractivity contribution in [2.24, 2.45) is 0 Å². The first kappa shape index (κ1) is 15.4. The van der Waals surface area contributed by atoms with Crippen LogP contribution >= 0.6 is 0 Å². The molecule has 0 saturated heterocycles. The summed E-state index contributed by atoms with van der Waals surface area (Å²) < 4.78 is 26.0. The molecule has 0 radical (unpaired) electrons. The summed E-state index contributed by atoms with van der Waals surface area (Å²) in [4.78, 5) is 2.21. The van der Waals surface area contributed by atoms with Gasteiger partial charge < -0.3 is 4.90 Å². The van der Waals surface area contributed by atoms with Crippen molar-refractivity contribution in [2.45, 2.75) is 50.3 Å². The fraction of sp³-hybridized carbons (Fsp3) is 0.917. The van der Waals surface area contributed by atoms with Crippen LogP contribution in [0.15, 0.2) is 0 Å². The largest absolute Gasteiger partial charge is 0.302 e. The lowest BCUT2D eigenvalue weighted by atomic mass is 10.2. The van der Waals surface area contributed by atoms with E-state index in [9.17, 15) is 8.42 Å². The summed E-state index contributed by atoms with van der Waals surface area (Å²) in [6.07, 6.45) is 5.28. The van der Waals surface area contributed by atoms with E-state index in [2.05, 4.69) is 9.62 Å². The Balaban J connectivity index is 2.34. The van der Waals surface area contributed by atoms with E-state index in [1.54, 1.807) is 6.92 Å². The molecular weight excluding hydrogens is 250 g/mol. The van der Waals surface area contributed by atoms with E-state index in [4.69, 9.17) is 5.26 Å². The molecule has 18 heavy (non-hydrogen) atoms. The van der Waals surface area contributed by atoms with Crippen LogP contribution in [0.5, 0.6) is 0 Å². The maximum atomic E-state index is 11.7. The Kier molecular flexibility index (Phi) is 6.06. The van der Waals surface area contributed by atoms with Crippen LogP contribution in [0.3, 0.4) is 0 Å². The predicted octanol–water partition coefficient (Wildman–Crippen LogP) is 1.08. The van der Waals surface area contributed by atoms with E-state index >= 15 is 0 Å². The number of likely N-dealkylation sites (N-methyl/N-ethyl adjacent to an activating group) is 1. The summed E-state index contributed by atoms with van der Waals surface area (Å²) in [7, 11) is -1.45. The average molecular weight is 273 g/mol. The second-order valence-electron chi connectivity index (χ2n) is 4.88. The predicted molar refractivity (Wildman–Crippen MR) is 71.5 cm³/mol. The highest BCUT2D eigenvalue weighted by Gasteiger charge is 2.24. The van der Waals surface area contributed by atoms with Crippen molar-refractivity contribution in [1.82, 2.24) is 9.62 Å². The van der Waals surface area contributed by atoms with Crippen molar-refractivity contribution in [2.75, 3.05) is 20.1 Å². The number of sulfonamides is 1. The maximum absolute atomic E-state index is 11.7. The Morgan fingerprint density at radius 3 is 2.56 bits per heavy atom. The van der Waals surface area contributed by atoms with Crippen molar-refractivity contribution in [3.05, 3.63) is 0 Å². The molecule has 1 aliphatic carbocycles. The molecule has 0 bridgehead atoms. The molecule has 0 aliphatic heterocycles. The van der Waals surface area contributed by atoms with Crippen LogP contribution in [0.25, 0.3) is 0 Å². The summed E-state index contributed by atoms with van der Waals surface area (Å²) in [6, 6.07) is 2.41. The Morgan fingerprint density at radius 1 is 1.44 bits per heavy atom. The highest BCUT2D eigenvalue weighted by atomic mass is 32.2. The van der Waals surface area contributed by atoms with Gasteiger partial charge in [0.15, 0.2) is 5.25 Å². The van der Waals surface area contributed by atoms with Gasteiger partial charge >= 0.3 is 0 Å². The van der Waals surface area contributed by atoms with Gasteiger partial charge in [-0.2, -0.15) is 5.26 Å². The van der Waals surface area contributed by atoms with Gasteiger partial charge in [0.2, 0.25) is 10.0 Å². The van der Waals surface area contributed by atoms with E-state index in [0.29, 0.717) is 25.6 Å². The minimum absolute atomic E-state index is 0.324. The number of nitrogens with one attached hydrogen (secondary N) is 1. The van der Waals surface area contributed by atoms with Gasteiger partial charge in [-0.05, 0) is 26.3 Å². The normalized spacial score (nSPS) is 19.0. The van der Waals surface area contributed by atoms with Crippen molar-refractivity contribution in [3.8, 4) is 6.07 Å². The molecule has 104 valence electrons. The monoisotopic (exact) mass is 273 g/mol. The first-order valence-corrected chi connectivity index (χ1v) is 8.14. The second-order valence-corrected chi connectivity index (χ2v) is 6.83. The molecule has 6 heteroatoms. The molecule has 1 unspecified atom stereocenters. The number of hydrogen-bond donors (Lipinski definition) is 1. The molecule has 1 atom stereocenters. The molecule has 1 aliphatic rings. The lowest BCUT2D eigenvalue weighted by molar-refractivity contribution is 0.250. The van der Waals surface area contributed by atoms with Crippen LogP contribution < -0.4 is 4.72 Å². The molecule has 1 rings (SSSR count). The number of nitrogens with zero attached hydrogens (tertiary/aromatic N) is 2. The minimum Gasteiger partial charge on any atom is -0.302 e. The third-order valence-electron chi connectivity index (χ3n) is 3.61. The molecule has 0 aromatic heterocycles. The maximum Gasteiger partial charge on any atom is 0.228 e. The van der Waals surface area contributed by atoms with Crippen LogP contribution in [0.4, 0.5) is 0 Å². The average Bonchev–Trinajstić information content (AvgIpc) is 2.83. The minimum atomic E-state index is -3.48. The SMILES string of the molecule is CCC(C#N)S(=O)(=O)NCCN(C)C1CCCC1. The Morgan fingerprint density at radius 2 is 2.06 bits per heavy atom. The first-order chi connectivity index (χ1) is 8.51.